The van der Waals surface area contributed by atoms with E-state index in [9.17, 15) is 0 Å². The molecule has 3 nitrogen and oxygen atoms in total. The molecule has 1 fully saturated rings. The zero-order valence-electron chi connectivity index (χ0n) is 13.3. The van der Waals surface area contributed by atoms with Crippen LogP contribution < -0.4 is 0 Å². The van der Waals surface area contributed by atoms with E-state index in [4.69, 9.17) is 4.74 Å². The van der Waals surface area contributed by atoms with Crippen LogP contribution in [0.5, 0.6) is 0 Å². The van der Waals surface area contributed by atoms with Crippen LogP contribution >= 0.6 is 0 Å². The number of hydrogen-bond donors (Lipinski definition) is 0. The maximum atomic E-state index is 5.39. The van der Waals surface area contributed by atoms with E-state index in [-0.39, 0.29) is 0 Å². The predicted octanol–water partition coefficient (Wildman–Crippen LogP) is 3.93. The zero-order valence-corrected chi connectivity index (χ0v) is 13.3. The lowest BCUT2D eigenvalue weighted by Gasteiger charge is -2.26. The number of ether oxygens (including phenoxy) is 1. The third-order valence-corrected chi connectivity index (χ3v) is 3.82. The summed E-state index contributed by atoms with van der Waals surface area (Å²) < 4.78 is 5.39. The minimum atomic E-state index is 0.835. The molecule has 118 valence electrons. The molecule has 0 atom stereocenters. The zero-order chi connectivity index (χ0) is 15.7. The van der Waals surface area contributed by atoms with E-state index in [0.717, 1.165) is 38.5 Å². The van der Waals surface area contributed by atoms with Gasteiger partial charge in [0.2, 0.25) is 0 Å². The molecule has 1 aliphatic rings. The minimum absolute atomic E-state index is 0.835. The van der Waals surface area contributed by atoms with E-state index in [0.29, 0.717) is 0 Å². The van der Waals surface area contributed by atoms with Crippen LogP contribution in [0.2, 0.25) is 0 Å². The molecule has 3 heteroatoms. The molecule has 0 unspecified atom stereocenters. The van der Waals surface area contributed by atoms with Crippen LogP contribution in [-0.4, -0.2) is 37.4 Å². The number of nitrogens with zero attached hydrogens (tertiary/aromatic N) is 2. The maximum absolute atomic E-state index is 5.39. The largest absolute Gasteiger partial charge is 0.379 e. The first kappa shape index (κ1) is 15.7. The summed E-state index contributed by atoms with van der Waals surface area (Å²) >= 11 is 0. The average molecular weight is 306 g/mol. The van der Waals surface area contributed by atoms with Crippen molar-refractivity contribution >= 4 is 18.0 Å². The molecule has 0 bridgehead atoms. The SMILES string of the molecule is C(/C=C/c1ccccc1)=Nc1cccc(CN2CCOCC2)c1. The highest BCUT2D eigenvalue weighted by molar-refractivity contribution is 5.80. The Kier molecular flexibility index (Phi) is 5.73. The lowest BCUT2D eigenvalue weighted by molar-refractivity contribution is 0.0342. The third kappa shape index (κ3) is 5.16. The van der Waals surface area contributed by atoms with Crippen LogP contribution in [0, 0.1) is 0 Å². The standard InChI is InChI=1S/C20H22N2O/c1-2-6-18(7-3-1)9-5-11-21-20-10-4-8-19(16-20)17-22-12-14-23-15-13-22/h1-11,16H,12-15,17H2/b9-5+,21-11?. The molecule has 0 radical (unpaired) electrons. The van der Waals surface area contributed by atoms with Gasteiger partial charge in [0.1, 0.15) is 0 Å². The van der Waals surface area contributed by atoms with Crippen molar-refractivity contribution in [2.75, 3.05) is 26.3 Å². The molecule has 0 spiro atoms. The van der Waals surface area contributed by atoms with E-state index >= 15 is 0 Å². The molecule has 1 heterocycles. The molecule has 0 amide bonds. The quantitative estimate of drug-likeness (QED) is 0.782. The second-order valence-electron chi connectivity index (χ2n) is 5.61. The molecular formula is C20H22N2O. The van der Waals surface area contributed by atoms with Crippen LogP contribution in [0.4, 0.5) is 5.69 Å². The Balaban J connectivity index is 1.58. The van der Waals surface area contributed by atoms with Gasteiger partial charge in [0.05, 0.1) is 18.9 Å². The summed E-state index contributed by atoms with van der Waals surface area (Å²) in [6.07, 6.45) is 5.88. The minimum Gasteiger partial charge on any atom is -0.379 e. The van der Waals surface area contributed by atoms with Gasteiger partial charge < -0.3 is 4.74 Å². The van der Waals surface area contributed by atoms with Gasteiger partial charge in [-0.3, -0.25) is 9.89 Å². The summed E-state index contributed by atoms with van der Waals surface area (Å²) in [5.74, 6) is 0. The van der Waals surface area contributed by atoms with Gasteiger partial charge in [0.25, 0.3) is 0 Å². The molecule has 0 aliphatic carbocycles. The first-order valence-corrected chi connectivity index (χ1v) is 8.05. The highest BCUT2D eigenvalue weighted by Crippen LogP contribution is 2.16. The van der Waals surface area contributed by atoms with Gasteiger partial charge >= 0.3 is 0 Å². The van der Waals surface area contributed by atoms with E-state index in [1.54, 1.807) is 0 Å². The van der Waals surface area contributed by atoms with Crippen LogP contribution in [0.25, 0.3) is 6.08 Å². The van der Waals surface area contributed by atoms with Gasteiger partial charge in [-0.05, 0) is 29.3 Å². The van der Waals surface area contributed by atoms with Gasteiger partial charge in [-0.25, -0.2) is 0 Å². The predicted molar refractivity (Wildman–Crippen MR) is 96.2 cm³/mol. The second kappa shape index (κ2) is 8.42. The number of benzene rings is 2. The van der Waals surface area contributed by atoms with Crippen molar-refractivity contribution in [3.63, 3.8) is 0 Å². The Bertz CT molecular complexity index is 658. The maximum Gasteiger partial charge on any atom is 0.0632 e. The number of rotatable bonds is 5. The van der Waals surface area contributed by atoms with E-state index in [1.807, 2.05) is 36.6 Å². The molecule has 0 N–H and O–H groups in total. The first-order valence-electron chi connectivity index (χ1n) is 8.05. The topological polar surface area (TPSA) is 24.8 Å². The van der Waals surface area contributed by atoms with E-state index in [2.05, 4.69) is 46.3 Å². The molecule has 2 aromatic carbocycles. The van der Waals surface area contributed by atoms with Crippen LogP contribution in [-0.2, 0) is 11.3 Å². The summed E-state index contributed by atoms with van der Waals surface area (Å²) in [6, 6.07) is 18.7. The van der Waals surface area contributed by atoms with Crippen molar-refractivity contribution in [1.29, 1.82) is 0 Å². The van der Waals surface area contributed by atoms with Crippen molar-refractivity contribution in [3.8, 4) is 0 Å². The number of aliphatic imine (C=N–C) groups is 1. The van der Waals surface area contributed by atoms with E-state index in [1.165, 1.54) is 11.1 Å². The van der Waals surface area contributed by atoms with Crippen LogP contribution in [0.3, 0.4) is 0 Å². The summed E-state index contributed by atoms with van der Waals surface area (Å²) in [6.45, 7) is 4.65. The Morgan fingerprint density at radius 3 is 2.65 bits per heavy atom. The molecule has 0 aromatic heterocycles. The summed E-state index contributed by atoms with van der Waals surface area (Å²) in [5, 5.41) is 0. The Labute approximate surface area is 137 Å². The number of allylic oxidation sites excluding steroid dienone is 1. The molecular weight excluding hydrogens is 284 g/mol. The highest BCUT2D eigenvalue weighted by Gasteiger charge is 2.10. The Morgan fingerprint density at radius 1 is 1.00 bits per heavy atom. The number of hydrogen-bond acceptors (Lipinski definition) is 3. The van der Waals surface area contributed by atoms with Crippen molar-refractivity contribution < 1.29 is 4.74 Å². The van der Waals surface area contributed by atoms with Crippen LogP contribution in [0.15, 0.2) is 65.7 Å². The normalized spacial score (nSPS) is 16.3. The van der Waals surface area contributed by atoms with Crippen molar-refractivity contribution in [2.24, 2.45) is 4.99 Å². The fourth-order valence-corrected chi connectivity index (χ4v) is 2.60. The van der Waals surface area contributed by atoms with Gasteiger partial charge in [-0.1, -0.05) is 48.5 Å². The van der Waals surface area contributed by atoms with Crippen molar-refractivity contribution in [1.82, 2.24) is 4.90 Å². The number of morpholine rings is 1. The lowest BCUT2D eigenvalue weighted by atomic mass is 10.2. The fraction of sp³-hybridized carbons (Fsp3) is 0.250. The molecule has 3 rings (SSSR count). The third-order valence-electron chi connectivity index (χ3n) is 3.82. The summed E-state index contributed by atoms with van der Waals surface area (Å²) in [7, 11) is 0. The van der Waals surface area contributed by atoms with Gasteiger partial charge in [-0.15, -0.1) is 0 Å². The van der Waals surface area contributed by atoms with Gasteiger partial charge in [0.15, 0.2) is 0 Å². The Morgan fingerprint density at radius 2 is 1.83 bits per heavy atom. The molecule has 23 heavy (non-hydrogen) atoms. The molecule has 2 aromatic rings. The van der Waals surface area contributed by atoms with E-state index < -0.39 is 0 Å². The highest BCUT2D eigenvalue weighted by atomic mass is 16.5. The van der Waals surface area contributed by atoms with Crippen molar-refractivity contribution in [2.45, 2.75) is 6.54 Å². The fourth-order valence-electron chi connectivity index (χ4n) is 2.60. The summed E-state index contributed by atoms with van der Waals surface area (Å²) in [4.78, 5) is 6.94. The molecule has 1 saturated heterocycles. The van der Waals surface area contributed by atoms with Crippen molar-refractivity contribution in [3.05, 3.63) is 71.8 Å². The Hall–Kier alpha value is -2.23. The second-order valence-corrected chi connectivity index (χ2v) is 5.61. The van der Waals surface area contributed by atoms with Gasteiger partial charge in [0, 0.05) is 25.8 Å². The van der Waals surface area contributed by atoms with Gasteiger partial charge in [-0.2, -0.15) is 0 Å². The lowest BCUT2D eigenvalue weighted by Crippen LogP contribution is -2.35. The smallest absolute Gasteiger partial charge is 0.0632 e. The molecule has 0 saturated carbocycles. The molecule has 1 aliphatic heterocycles. The van der Waals surface area contributed by atoms with Crippen LogP contribution in [0.1, 0.15) is 11.1 Å². The first-order chi connectivity index (χ1) is 11.4. The summed E-state index contributed by atoms with van der Waals surface area (Å²) in [5.41, 5.74) is 3.47. The average Bonchev–Trinajstić information content (AvgIpc) is 2.61. The monoisotopic (exact) mass is 306 g/mol.